The number of alkyl halides is 2. The highest BCUT2D eigenvalue weighted by Crippen LogP contribution is 2.48. The predicted octanol–water partition coefficient (Wildman–Crippen LogP) is 3.88. The molecular weight excluding hydrogens is 757 g/mol. The Morgan fingerprint density at radius 2 is 1.87 bits per heavy atom. The van der Waals surface area contributed by atoms with E-state index in [2.05, 4.69) is 26.0 Å². The molecule has 0 radical (unpaired) electrons. The molecule has 2 saturated carbocycles. The lowest BCUT2D eigenvalue weighted by Crippen LogP contribution is -2.59. The molecule has 3 aromatic rings. The van der Waals surface area contributed by atoms with Crippen molar-refractivity contribution in [2.24, 2.45) is 11.3 Å². The largest absolute Gasteiger partial charge is 0.496 e. The van der Waals surface area contributed by atoms with E-state index in [0.717, 1.165) is 55.5 Å². The van der Waals surface area contributed by atoms with E-state index in [-0.39, 0.29) is 13.0 Å². The number of carbonyl (C=O) groups is 3. The number of sulfonamides is 1. The summed E-state index contributed by atoms with van der Waals surface area (Å²) in [5.74, 6) is -3.04. The molecule has 2 aliphatic carbocycles. The van der Waals surface area contributed by atoms with Crippen LogP contribution in [0.15, 0.2) is 23.6 Å². The Balaban J connectivity index is 1.23. The van der Waals surface area contributed by atoms with Gasteiger partial charge in [-0.1, -0.05) is 33.6 Å². The van der Waals surface area contributed by atoms with Crippen molar-refractivity contribution >= 4 is 44.2 Å². The molecule has 4 heterocycles. The first-order valence-electron chi connectivity index (χ1n) is 18.7. The van der Waals surface area contributed by atoms with E-state index in [9.17, 15) is 31.6 Å². The number of methoxy groups -OCH3 is 1. The van der Waals surface area contributed by atoms with Crippen molar-refractivity contribution in [3.63, 3.8) is 0 Å². The molecule has 2 aromatic heterocycles. The van der Waals surface area contributed by atoms with Crippen molar-refractivity contribution in [2.45, 2.75) is 120 Å². The van der Waals surface area contributed by atoms with Crippen LogP contribution in [0.25, 0.3) is 11.4 Å². The van der Waals surface area contributed by atoms with Crippen LogP contribution in [-0.2, 0) is 37.2 Å². The van der Waals surface area contributed by atoms with Gasteiger partial charge in [-0.2, -0.15) is 4.80 Å². The highest BCUT2D eigenvalue weighted by atomic mass is 32.2. The highest BCUT2D eigenvalue weighted by Gasteiger charge is 2.67. The Morgan fingerprint density at radius 1 is 1.13 bits per heavy atom. The molecule has 1 aromatic carbocycles. The van der Waals surface area contributed by atoms with Gasteiger partial charge in [0, 0.05) is 23.9 Å². The number of aryl methyl sites for hydroxylation is 2. The summed E-state index contributed by atoms with van der Waals surface area (Å²) in [4.78, 5) is 49.9. The summed E-state index contributed by atoms with van der Waals surface area (Å²) in [6, 6.07) is 2.89. The zero-order chi connectivity index (χ0) is 39.3. The molecule has 5 atom stereocenters. The second kappa shape index (κ2) is 15.0. The summed E-state index contributed by atoms with van der Waals surface area (Å²) >= 11 is 1.38. The number of hydrogen-bond donors (Lipinski definition) is 3. The molecule has 0 unspecified atom stereocenters. The number of benzene rings is 1. The fourth-order valence-corrected chi connectivity index (χ4v) is 9.66. The van der Waals surface area contributed by atoms with Crippen LogP contribution in [0.3, 0.4) is 0 Å². The van der Waals surface area contributed by atoms with E-state index in [0.29, 0.717) is 29.4 Å². The number of nitrogens with zero attached hydrogens (tertiary/aromatic N) is 6. The van der Waals surface area contributed by atoms with Crippen LogP contribution >= 0.6 is 11.3 Å². The lowest BCUT2D eigenvalue weighted by Gasteiger charge is -2.35. The van der Waals surface area contributed by atoms with E-state index < -0.39 is 80.8 Å². The van der Waals surface area contributed by atoms with E-state index >= 15 is 0 Å². The van der Waals surface area contributed by atoms with E-state index in [1.165, 1.54) is 21.0 Å². The number of nitrogens with one attached hydrogen (secondary N) is 3. The fraction of sp³-hybridized carbons (Fsp3) is 0.639. The SMILES string of the molecule is COc1ccc2cc1CCCCCCc1csc(n1)N[C@@H](C(C)(C)C)C(=O)N1C[C@@H](C[C@H]1C(=O)N[C@]1(C(=O)NS(=O)(=O)C3CC3)C[C@H]1C(F)F)n1nnc-2n1. The standard InChI is InChI=1S/C36H47F2N9O6S2/c1-35(2,3)28-32(49)46-18-23(16-26(46)31(48)41-36(17-25(36)29(37)38)33(50)44-55(51,52)24-12-13-24)47-43-30(42-45-47)21-11-14-27(53-4)20(15-21)9-7-5-6-8-10-22-19-54-34(39-22)40-28/h11,14-15,19,23-26,28-29H,5-10,12-13,16-18H2,1-4H3,(H,39,40)(H,41,48)(H,44,50)/t23-,25+,26+,28-,36-/m1/s1. The number of carbonyl (C=O) groups excluding carboxylic acids is 3. The van der Waals surface area contributed by atoms with Crippen molar-refractivity contribution < 1.29 is 36.3 Å². The van der Waals surface area contributed by atoms with E-state index in [1.807, 2.05) is 49.1 Å². The summed E-state index contributed by atoms with van der Waals surface area (Å²) in [7, 11) is -2.47. The molecule has 15 nitrogen and oxygen atoms in total. The molecule has 1 saturated heterocycles. The highest BCUT2D eigenvalue weighted by molar-refractivity contribution is 7.91. The molecule has 3 N–H and O–H groups in total. The molecule has 3 fully saturated rings. The van der Waals surface area contributed by atoms with Crippen molar-refractivity contribution in [3.8, 4) is 17.1 Å². The average molecular weight is 804 g/mol. The van der Waals surface area contributed by atoms with Gasteiger partial charge < -0.3 is 20.3 Å². The summed E-state index contributed by atoms with van der Waals surface area (Å²) in [6.45, 7) is 5.61. The summed E-state index contributed by atoms with van der Waals surface area (Å²) in [5, 5.41) is 20.8. The van der Waals surface area contributed by atoms with Crippen LogP contribution in [0.2, 0.25) is 0 Å². The second-order valence-corrected chi connectivity index (χ2v) is 19.0. The first-order valence-corrected chi connectivity index (χ1v) is 21.2. The van der Waals surface area contributed by atoms with Crippen molar-refractivity contribution in [3.05, 3.63) is 34.8 Å². The Kier molecular flexibility index (Phi) is 10.6. The first kappa shape index (κ1) is 39.0. The van der Waals surface area contributed by atoms with Gasteiger partial charge in [0.2, 0.25) is 34.1 Å². The van der Waals surface area contributed by atoms with Crippen LogP contribution in [0, 0.1) is 11.3 Å². The number of ether oxygens (including phenoxy) is 1. The Labute approximate surface area is 322 Å². The first-order chi connectivity index (χ1) is 26.1. The number of thiazole rings is 1. The Hall–Kier alpha value is -4.26. The minimum absolute atomic E-state index is 0.0308. The number of rotatable bonds is 7. The van der Waals surface area contributed by atoms with Crippen molar-refractivity contribution in [2.75, 3.05) is 19.0 Å². The third-order valence-electron chi connectivity index (χ3n) is 11.0. The average Bonchev–Trinajstić information content (AvgIpc) is 3.94. The maximum atomic E-state index is 14.7. The molecule has 19 heteroatoms. The smallest absolute Gasteiger partial charge is 0.259 e. The predicted molar refractivity (Wildman–Crippen MR) is 199 cm³/mol. The molecule has 0 spiro atoms. The van der Waals surface area contributed by atoms with Crippen LogP contribution < -0.4 is 20.1 Å². The van der Waals surface area contributed by atoms with Crippen molar-refractivity contribution in [1.82, 2.24) is 40.1 Å². The van der Waals surface area contributed by atoms with Gasteiger partial charge in [-0.3, -0.25) is 19.1 Å². The van der Waals surface area contributed by atoms with E-state index in [4.69, 9.17) is 9.72 Å². The molecule has 55 heavy (non-hydrogen) atoms. The molecular formula is C36H47F2N9O6S2. The van der Waals surface area contributed by atoms with Gasteiger partial charge in [-0.25, -0.2) is 22.2 Å². The monoisotopic (exact) mass is 803 g/mol. The molecule has 3 amide bonds. The summed E-state index contributed by atoms with van der Waals surface area (Å²) in [5.41, 5.74) is -0.219. The second-order valence-electron chi connectivity index (χ2n) is 16.1. The zero-order valence-electron chi connectivity index (χ0n) is 31.3. The van der Waals surface area contributed by atoms with Crippen LogP contribution in [0.1, 0.15) is 89.4 Å². The van der Waals surface area contributed by atoms with Crippen LogP contribution in [0.5, 0.6) is 5.75 Å². The zero-order valence-corrected chi connectivity index (χ0v) is 32.9. The third-order valence-corrected chi connectivity index (χ3v) is 13.6. The normalized spacial score (nSPS) is 26.2. The minimum atomic E-state index is -4.10. The number of tetrazole rings is 1. The Bertz CT molecular complexity index is 2050. The number of amides is 3. The summed E-state index contributed by atoms with van der Waals surface area (Å²) < 4.78 is 61.2. The third kappa shape index (κ3) is 8.18. The molecule has 4 aliphatic rings. The van der Waals surface area contributed by atoms with Gasteiger partial charge in [-0.15, -0.1) is 21.5 Å². The molecule has 298 valence electrons. The molecule has 8 bridgehead atoms. The Morgan fingerprint density at radius 3 is 2.55 bits per heavy atom. The number of hydrogen-bond acceptors (Lipinski definition) is 12. The van der Waals surface area contributed by atoms with Gasteiger partial charge in [0.15, 0.2) is 5.13 Å². The van der Waals surface area contributed by atoms with Crippen LogP contribution in [0.4, 0.5) is 13.9 Å². The number of fused-ring (bicyclic) bond motifs is 10. The number of anilines is 1. The van der Waals surface area contributed by atoms with Gasteiger partial charge in [0.05, 0.1) is 30.0 Å². The summed E-state index contributed by atoms with van der Waals surface area (Å²) in [6.07, 6.45) is 2.71. The molecule has 2 aliphatic heterocycles. The van der Waals surface area contributed by atoms with Crippen molar-refractivity contribution in [1.29, 1.82) is 0 Å². The lowest BCUT2D eigenvalue weighted by molar-refractivity contribution is -0.141. The maximum Gasteiger partial charge on any atom is 0.259 e. The minimum Gasteiger partial charge on any atom is -0.496 e. The number of aromatic nitrogens is 5. The lowest BCUT2D eigenvalue weighted by atomic mass is 9.85. The van der Waals surface area contributed by atoms with E-state index in [1.54, 1.807) is 7.11 Å². The maximum absolute atomic E-state index is 14.7. The fourth-order valence-electron chi connectivity index (χ4n) is 7.52. The van der Waals surface area contributed by atoms with Crippen LogP contribution in [-0.4, -0.2) is 99.2 Å². The van der Waals surface area contributed by atoms with Gasteiger partial charge in [0.25, 0.3) is 5.91 Å². The van der Waals surface area contributed by atoms with Gasteiger partial charge in [0.1, 0.15) is 23.4 Å². The quantitative estimate of drug-likeness (QED) is 0.314. The number of halogens is 2. The van der Waals surface area contributed by atoms with Gasteiger partial charge in [-0.05, 0) is 79.3 Å². The van der Waals surface area contributed by atoms with Gasteiger partial charge >= 0.3 is 0 Å². The molecule has 7 rings (SSSR count). The topological polar surface area (TPSA) is 190 Å².